The summed E-state index contributed by atoms with van der Waals surface area (Å²) >= 11 is 0. The van der Waals surface area contributed by atoms with Crippen molar-refractivity contribution in [2.24, 2.45) is 0 Å². The normalized spacial score (nSPS) is 10.6. The number of benzene rings is 2. The van der Waals surface area contributed by atoms with E-state index >= 15 is 0 Å². The quantitative estimate of drug-likeness (QED) is 0.640. The molecule has 0 aliphatic heterocycles. The van der Waals surface area contributed by atoms with Crippen LogP contribution >= 0.6 is 0 Å². The number of aldehydes is 1. The molecule has 0 bridgehead atoms. The molecule has 1 heteroatoms. The van der Waals surface area contributed by atoms with Crippen molar-refractivity contribution in [2.75, 3.05) is 0 Å². The van der Waals surface area contributed by atoms with Crippen LogP contribution < -0.4 is 0 Å². The SMILES string of the molecule is Cc1cc(C)c2cc(C=O)cc(C)c2c1. The van der Waals surface area contributed by atoms with Crippen LogP contribution in [0.5, 0.6) is 0 Å². The van der Waals surface area contributed by atoms with Crippen molar-refractivity contribution in [3.63, 3.8) is 0 Å². The summed E-state index contributed by atoms with van der Waals surface area (Å²) in [7, 11) is 0. The Morgan fingerprint density at radius 3 is 2.13 bits per heavy atom. The first-order valence-electron chi connectivity index (χ1n) is 5.08. The fourth-order valence-corrected chi connectivity index (χ4v) is 2.10. The molecular weight excluding hydrogens is 184 g/mol. The van der Waals surface area contributed by atoms with Crippen LogP contribution in [0.3, 0.4) is 0 Å². The van der Waals surface area contributed by atoms with E-state index in [4.69, 9.17) is 0 Å². The topological polar surface area (TPSA) is 17.1 Å². The molecule has 0 radical (unpaired) electrons. The summed E-state index contributed by atoms with van der Waals surface area (Å²) in [6.07, 6.45) is 0.908. The molecular formula is C14H14O. The van der Waals surface area contributed by atoms with E-state index in [1.165, 1.54) is 27.5 Å². The van der Waals surface area contributed by atoms with Crippen LogP contribution in [0.15, 0.2) is 24.3 Å². The molecule has 0 N–H and O–H groups in total. The molecule has 2 rings (SSSR count). The Balaban J connectivity index is 2.91. The maximum atomic E-state index is 10.8. The zero-order chi connectivity index (χ0) is 11.0. The Hall–Kier alpha value is -1.63. The second kappa shape index (κ2) is 3.50. The number of fused-ring (bicyclic) bond motifs is 1. The number of hydrogen-bond acceptors (Lipinski definition) is 1. The molecule has 0 saturated carbocycles. The lowest BCUT2D eigenvalue weighted by molar-refractivity contribution is 0.112. The number of hydrogen-bond donors (Lipinski definition) is 0. The van der Waals surface area contributed by atoms with Gasteiger partial charge in [0.05, 0.1) is 0 Å². The molecule has 0 atom stereocenters. The molecule has 0 spiro atoms. The van der Waals surface area contributed by atoms with Crippen molar-refractivity contribution in [2.45, 2.75) is 20.8 Å². The Bertz CT molecular complexity index is 539. The first-order chi connectivity index (χ1) is 7.11. The second-order valence-corrected chi connectivity index (χ2v) is 4.13. The zero-order valence-electron chi connectivity index (χ0n) is 9.29. The van der Waals surface area contributed by atoms with Gasteiger partial charge in [0, 0.05) is 5.56 Å². The van der Waals surface area contributed by atoms with E-state index in [0.717, 1.165) is 11.8 Å². The Morgan fingerprint density at radius 1 is 0.867 bits per heavy atom. The maximum absolute atomic E-state index is 10.8. The van der Waals surface area contributed by atoms with Gasteiger partial charge in [0.1, 0.15) is 6.29 Å². The van der Waals surface area contributed by atoms with Crippen LogP contribution in [0.4, 0.5) is 0 Å². The van der Waals surface area contributed by atoms with E-state index in [1.807, 2.05) is 19.1 Å². The molecule has 2 aromatic rings. The van der Waals surface area contributed by atoms with Gasteiger partial charge >= 0.3 is 0 Å². The van der Waals surface area contributed by atoms with Crippen LogP contribution in [0.2, 0.25) is 0 Å². The molecule has 15 heavy (non-hydrogen) atoms. The summed E-state index contributed by atoms with van der Waals surface area (Å²) in [6.45, 7) is 6.23. The second-order valence-electron chi connectivity index (χ2n) is 4.13. The molecule has 0 aromatic heterocycles. The van der Waals surface area contributed by atoms with Gasteiger partial charge < -0.3 is 0 Å². The van der Waals surface area contributed by atoms with Crippen molar-refractivity contribution in [3.05, 3.63) is 46.5 Å². The molecule has 2 aromatic carbocycles. The van der Waals surface area contributed by atoms with Gasteiger partial charge in [-0.2, -0.15) is 0 Å². The lowest BCUT2D eigenvalue weighted by atomic mass is 9.97. The minimum Gasteiger partial charge on any atom is -0.298 e. The number of carbonyl (C=O) groups excluding carboxylic acids is 1. The monoisotopic (exact) mass is 198 g/mol. The summed E-state index contributed by atoms with van der Waals surface area (Å²) < 4.78 is 0. The van der Waals surface area contributed by atoms with E-state index in [-0.39, 0.29) is 0 Å². The Morgan fingerprint density at radius 2 is 1.47 bits per heavy atom. The van der Waals surface area contributed by atoms with Crippen molar-refractivity contribution >= 4 is 17.1 Å². The molecule has 1 nitrogen and oxygen atoms in total. The van der Waals surface area contributed by atoms with E-state index in [0.29, 0.717) is 0 Å². The molecule has 0 aliphatic carbocycles. The summed E-state index contributed by atoms with van der Waals surface area (Å²) in [4.78, 5) is 10.8. The standard InChI is InChI=1S/C14H14O/c1-9-4-10(2)14-7-12(8-15)6-11(3)13(14)5-9/h4-8H,1-3H3. The van der Waals surface area contributed by atoms with Crippen LogP contribution in [0, 0.1) is 20.8 Å². The van der Waals surface area contributed by atoms with Gasteiger partial charge in [0.25, 0.3) is 0 Å². The first kappa shape index (κ1) is 9.91. The predicted molar refractivity (Wildman–Crippen MR) is 63.5 cm³/mol. The Kier molecular flexibility index (Phi) is 2.31. The summed E-state index contributed by atoms with van der Waals surface area (Å²) in [5.41, 5.74) is 4.42. The molecule has 0 amide bonds. The van der Waals surface area contributed by atoms with Gasteiger partial charge in [-0.1, -0.05) is 17.7 Å². The third-order valence-electron chi connectivity index (χ3n) is 2.79. The largest absolute Gasteiger partial charge is 0.298 e. The highest BCUT2D eigenvalue weighted by Gasteiger charge is 2.03. The lowest BCUT2D eigenvalue weighted by Crippen LogP contribution is -1.88. The molecule has 0 unspecified atom stereocenters. The van der Waals surface area contributed by atoms with E-state index in [9.17, 15) is 4.79 Å². The van der Waals surface area contributed by atoms with Crippen molar-refractivity contribution < 1.29 is 4.79 Å². The van der Waals surface area contributed by atoms with Gasteiger partial charge in [0.2, 0.25) is 0 Å². The van der Waals surface area contributed by atoms with Gasteiger partial charge in [0.15, 0.2) is 0 Å². The molecule has 0 heterocycles. The van der Waals surface area contributed by atoms with Crippen LogP contribution in [0.25, 0.3) is 10.8 Å². The fourth-order valence-electron chi connectivity index (χ4n) is 2.10. The maximum Gasteiger partial charge on any atom is 0.150 e. The predicted octanol–water partition coefficient (Wildman–Crippen LogP) is 3.58. The first-order valence-corrected chi connectivity index (χ1v) is 5.08. The summed E-state index contributed by atoms with van der Waals surface area (Å²) in [6, 6.07) is 8.22. The average molecular weight is 198 g/mol. The third-order valence-corrected chi connectivity index (χ3v) is 2.79. The van der Waals surface area contributed by atoms with Gasteiger partial charge in [-0.05, 0) is 54.8 Å². The van der Waals surface area contributed by atoms with Gasteiger partial charge in [-0.15, -0.1) is 0 Å². The van der Waals surface area contributed by atoms with E-state index in [2.05, 4.69) is 26.0 Å². The molecule has 0 fully saturated rings. The smallest absolute Gasteiger partial charge is 0.150 e. The Labute approximate surface area is 89.7 Å². The van der Waals surface area contributed by atoms with E-state index < -0.39 is 0 Å². The number of carbonyl (C=O) groups is 1. The van der Waals surface area contributed by atoms with Crippen LogP contribution in [-0.2, 0) is 0 Å². The molecule has 0 aliphatic rings. The zero-order valence-corrected chi connectivity index (χ0v) is 9.29. The average Bonchev–Trinajstić information content (AvgIpc) is 2.19. The van der Waals surface area contributed by atoms with Crippen LogP contribution in [0.1, 0.15) is 27.0 Å². The number of aryl methyl sites for hydroxylation is 3. The molecule has 76 valence electrons. The highest BCUT2D eigenvalue weighted by Crippen LogP contribution is 2.24. The third kappa shape index (κ3) is 1.65. The fraction of sp³-hybridized carbons (Fsp3) is 0.214. The minimum absolute atomic E-state index is 0.756. The van der Waals surface area contributed by atoms with Crippen LogP contribution in [-0.4, -0.2) is 6.29 Å². The van der Waals surface area contributed by atoms with Gasteiger partial charge in [-0.3, -0.25) is 4.79 Å². The van der Waals surface area contributed by atoms with Gasteiger partial charge in [-0.25, -0.2) is 0 Å². The van der Waals surface area contributed by atoms with Crippen molar-refractivity contribution in [1.82, 2.24) is 0 Å². The highest BCUT2D eigenvalue weighted by molar-refractivity contribution is 5.93. The molecule has 0 saturated heterocycles. The van der Waals surface area contributed by atoms with Crippen molar-refractivity contribution in [1.29, 1.82) is 0 Å². The van der Waals surface area contributed by atoms with Crippen molar-refractivity contribution in [3.8, 4) is 0 Å². The highest BCUT2D eigenvalue weighted by atomic mass is 16.1. The summed E-state index contributed by atoms with van der Waals surface area (Å²) in [5, 5.41) is 2.43. The lowest BCUT2D eigenvalue weighted by Gasteiger charge is -2.08. The number of rotatable bonds is 1. The van der Waals surface area contributed by atoms with E-state index in [1.54, 1.807) is 0 Å². The minimum atomic E-state index is 0.756. The summed E-state index contributed by atoms with van der Waals surface area (Å²) in [5.74, 6) is 0.